The second kappa shape index (κ2) is 4.42. The zero-order chi connectivity index (χ0) is 12.5. The van der Waals surface area contributed by atoms with E-state index in [2.05, 4.69) is 5.10 Å². The van der Waals surface area contributed by atoms with Crippen LogP contribution in [-0.4, -0.2) is 31.0 Å². The van der Waals surface area contributed by atoms with E-state index in [1.165, 1.54) is 25.3 Å². The summed E-state index contributed by atoms with van der Waals surface area (Å²) in [7, 11) is -3.16. The highest BCUT2D eigenvalue weighted by Crippen LogP contribution is 2.38. The summed E-state index contributed by atoms with van der Waals surface area (Å²) in [4.78, 5) is 0.280. The van der Waals surface area contributed by atoms with E-state index in [-0.39, 0.29) is 10.3 Å². The standard InChI is InChI=1S/C11H19N3O2S/c1-17(15,16)10-6-13-14(7-10)9-11(8-12)4-2-3-5-11/h6-7H,2-5,8-9,12H2,1H3. The average molecular weight is 257 g/mol. The zero-order valence-corrected chi connectivity index (χ0v) is 10.9. The maximum Gasteiger partial charge on any atom is 0.178 e. The first kappa shape index (κ1) is 12.6. The topological polar surface area (TPSA) is 78.0 Å². The lowest BCUT2D eigenvalue weighted by Crippen LogP contribution is -2.32. The molecule has 2 N–H and O–H groups in total. The van der Waals surface area contributed by atoms with Gasteiger partial charge >= 0.3 is 0 Å². The Bertz CT molecular complexity index is 487. The van der Waals surface area contributed by atoms with Gasteiger partial charge in [0.05, 0.1) is 6.20 Å². The maximum absolute atomic E-state index is 11.4. The molecule has 0 unspecified atom stereocenters. The molecular formula is C11H19N3O2S. The van der Waals surface area contributed by atoms with Gasteiger partial charge < -0.3 is 5.73 Å². The van der Waals surface area contributed by atoms with E-state index < -0.39 is 9.84 Å². The van der Waals surface area contributed by atoms with E-state index in [4.69, 9.17) is 5.73 Å². The highest BCUT2D eigenvalue weighted by Gasteiger charge is 2.33. The van der Waals surface area contributed by atoms with Crippen molar-refractivity contribution >= 4 is 9.84 Å². The molecule has 1 saturated carbocycles. The van der Waals surface area contributed by atoms with Gasteiger partial charge in [-0.15, -0.1) is 0 Å². The molecule has 1 heterocycles. The molecule has 1 aliphatic carbocycles. The van der Waals surface area contributed by atoms with Crippen molar-refractivity contribution < 1.29 is 8.42 Å². The Labute approximate surface area is 102 Å². The molecule has 1 aliphatic rings. The Kier molecular flexibility index (Phi) is 3.27. The number of nitrogens with two attached hydrogens (primary N) is 1. The molecule has 1 fully saturated rings. The van der Waals surface area contributed by atoms with E-state index >= 15 is 0 Å². The van der Waals surface area contributed by atoms with Gasteiger partial charge in [-0.2, -0.15) is 5.10 Å². The fraction of sp³-hybridized carbons (Fsp3) is 0.727. The van der Waals surface area contributed by atoms with Gasteiger partial charge in [0, 0.05) is 24.4 Å². The fourth-order valence-electron chi connectivity index (χ4n) is 2.52. The first-order valence-corrected chi connectivity index (χ1v) is 7.77. The van der Waals surface area contributed by atoms with Crippen LogP contribution in [0.5, 0.6) is 0 Å². The number of hydrogen-bond acceptors (Lipinski definition) is 4. The van der Waals surface area contributed by atoms with Crippen molar-refractivity contribution in [3.8, 4) is 0 Å². The van der Waals surface area contributed by atoms with Gasteiger partial charge in [-0.25, -0.2) is 8.42 Å². The first-order valence-electron chi connectivity index (χ1n) is 5.88. The molecule has 6 heteroatoms. The first-order chi connectivity index (χ1) is 7.95. The van der Waals surface area contributed by atoms with Gasteiger partial charge in [-0.05, 0) is 19.4 Å². The maximum atomic E-state index is 11.4. The summed E-state index contributed by atoms with van der Waals surface area (Å²) in [5, 5.41) is 4.12. The number of nitrogens with zero attached hydrogens (tertiary/aromatic N) is 2. The van der Waals surface area contributed by atoms with Crippen molar-refractivity contribution in [3.63, 3.8) is 0 Å². The molecule has 1 aromatic rings. The molecule has 0 saturated heterocycles. The van der Waals surface area contributed by atoms with Crippen LogP contribution in [0.4, 0.5) is 0 Å². The van der Waals surface area contributed by atoms with E-state index in [0.29, 0.717) is 6.54 Å². The van der Waals surface area contributed by atoms with Crippen LogP contribution in [0.3, 0.4) is 0 Å². The van der Waals surface area contributed by atoms with E-state index in [1.807, 2.05) is 0 Å². The van der Waals surface area contributed by atoms with Crippen LogP contribution in [0.25, 0.3) is 0 Å². The Hall–Kier alpha value is -0.880. The smallest absolute Gasteiger partial charge is 0.178 e. The lowest BCUT2D eigenvalue weighted by Gasteiger charge is -2.26. The van der Waals surface area contributed by atoms with Gasteiger partial charge in [0.1, 0.15) is 4.90 Å². The number of sulfone groups is 1. The van der Waals surface area contributed by atoms with Crippen molar-refractivity contribution in [1.29, 1.82) is 0 Å². The SMILES string of the molecule is CS(=O)(=O)c1cnn(CC2(CN)CCCC2)c1. The molecule has 0 spiro atoms. The van der Waals surface area contributed by atoms with Crippen LogP contribution in [0.2, 0.25) is 0 Å². The van der Waals surface area contributed by atoms with Crippen molar-refractivity contribution in [2.75, 3.05) is 12.8 Å². The summed E-state index contributed by atoms with van der Waals surface area (Å²) in [5.74, 6) is 0. The highest BCUT2D eigenvalue weighted by molar-refractivity contribution is 7.90. The molecular weight excluding hydrogens is 238 g/mol. The van der Waals surface area contributed by atoms with Crippen molar-refractivity contribution in [2.24, 2.45) is 11.1 Å². The van der Waals surface area contributed by atoms with Crippen LogP contribution in [0.1, 0.15) is 25.7 Å². The van der Waals surface area contributed by atoms with Crippen LogP contribution < -0.4 is 5.73 Å². The van der Waals surface area contributed by atoms with Crippen molar-refractivity contribution in [2.45, 2.75) is 37.1 Å². The normalized spacial score (nSPS) is 19.6. The number of rotatable bonds is 4. The fourth-order valence-corrected chi connectivity index (χ4v) is 3.07. The van der Waals surface area contributed by atoms with Crippen LogP contribution >= 0.6 is 0 Å². The predicted molar refractivity (Wildman–Crippen MR) is 65.3 cm³/mol. The van der Waals surface area contributed by atoms with Gasteiger partial charge in [-0.3, -0.25) is 4.68 Å². The van der Waals surface area contributed by atoms with E-state index in [9.17, 15) is 8.42 Å². The second-order valence-corrected chi connectivity index (χ2v) is 7.07. The summed E-state index contributed by atoms with van der Waals surface area (Å²) >= 11 is 0. The Balaban J connectivity index is 2.16. The lowest BCUT2D eigenvalue weighted by molar-refractivity contribution is 0.247. The van der Waals surface area contributed by atoms with E-state index in [1.54, 1.807) is 10.9 Å². The summed E-state index contributed by atoms with van der Waals surface area (Å²) in [6.07, 6.45) is 8.84. The van der Waals surface area contributed by atoms with Gasteiger partial charge in [0.2, 0.25) is 0 Å². The van der Waals surface area contributed by atoms with Crippen molar-refractivity contribution in [3.05, 3.63) is 12.4 Å². The quantitative estimate of drug-likeness (QED) is 0.865. The van der Waals surface area contributed by atoms with Gasteiger partial charge in [-0.1, -0.05) is 12.8 Å². The Morgan fingerprint density at radius 3 is 2.59 bits per heavy atom. The summed E-state index contributed by atoms with van der Waals surface area (Å²) in [6, 6.07) is 0. The average Bonchev–Trinajstić information content (AvgIpc) is 2.87. The molecule has 0 bridgehead atoms. The Morgan fingerprint density at radius 1 is 1.47 bits per heavy atom. The lowest BCUT2D eigenvalue weighted by atomic mass is 9.86. The molecule has 0 aromatic carbocycles. The minimum absolute atomic E-state index is 0.112. The van der Waals surface area contributed by atoms with Crippen LogP contribution in [-0.2, 0) is 16.4 Å². The monoisotopic (exact) mass is 257 g/mol. The Morgan fingerprint density at radius 2 is 2.12 bits per heavy atom. The van der Waals surface area contributed by atoms with Crippen LogP contribution in [0.15, 0.2) is 17.3 Å². The third-order valence-electron chi connectivity index (χ3n) is 3.63. The molecule has 0 atom stereocenters. The van der Waals surface area contributed by atoms with Gasteiger partial charge in [0.25, 0.3) is 0 Å². The molecule has 1 aromatic heterocycles. The molecule has 2 rings (SSSR count). The van der Waals surface area contributed by atoms with Crippen molar-refractivity contribution in [1.82, 2.24) is 9.78 Å². The number of aromatic nitrogens is 2. The predicted octanol–water partition coefficient (Wildman–Crippen LogP) is 0.806. The molecule has 5 nitrogen and oxygen atoms in total. The number of hydrogen-bond donors (Lipinski definition) is 1. The minimum Gasteiger partial charge on any atom is -0.330 e. The second-order valence-electron chi connectivity index (χ2n) is 5.06. The zero-order valence-electron chi connectivity index (χ0n) is 10.1. The molecule has 0 radical (unpaired) electrons. The largest absolute Gasteiger partial charge is 0.330 e. The van der Waals surface area contributed by atoms with Crippen LogP contribution in [0, 0.1) is 5.41 Å². The molecule has 96 valence electrons. The molecule has 0 aliphatic heterocycles. The highest BCUT2D eigenvalue weighted by atomic mass is 32.2. The minimum atomic E-state index is -3.16. The summed E-state index contributed by atoms with van der Waals surface area (Å²) in [5.41, 5.74) is 5.96. The third kappa shape index (κ3) is 2.69. The van der Waals surface area contributed by atoms with Gasteiger partial charge in [0.15, 0.2) is 9.84 Å². The third-order valence-corrected chi connectivity index (χ3v) is 4.70. The molecule has 17 heavy (non-hydrogen) atoms. The summed E-state index contributed by atoms with van der Waals surface area (Å²) < 4.78 is 24.4. The van der Waals surface area contributed by atoms with E-state index in [0.717, 1.165) is 19.4 Å². The molecule has 0 amide bonds. The summed E-state index contributed by atoms with van der Waals surface area (Å²) in [6.45, 7) is 1.36.